The molecule has 0 bridgehead atoms. The summed E-state index contributed by atoms with van der Waals surface area (Å²) in [5, 5.41) is 1.04. The van der Waals surface area contributed by atoms with Crippen LogP contribution in [-0.2, 0) is 0 Å². The van der Waals surface area contributed by atoms with Crippen molar-refractivity contribution in [1.82, 2.24) is 4.90 Å². The first-order chi connectivity index (χ1) is 8.56. The Balaban J connectivity index is 2.57. The van der Waals surface area contributed by atoms with Crippen LogP contribution < -0.4 is 0 Å². The molecule has 0 unspecified atom stereocenters. The Kier molecular flexibility index (Phi) is 6.94. The van der Waals surface area contributed by atoms with E-state index in [1.54, 1.807) is 4.90 Å². The third-order valence-corrected chi connectivity index (χ3v) is 4.05. The van der Waals surface area contributed by atoms with E-state index in [0.717, 1.165) is 46.7 Å². The van der Waals surface area contributed by atoms with Crippen LogP contribution in [0.2, 0.25) is 0 Å². The summed E-state index contributed by atoms with van der Waals surface area (Å²) < 4.78 is 0.875. The summed E-state index contributed by atoms with van der Waals surface area (Å²) in [4.78, 5) is 14.0. The van der Waals surface area contributed by atoms with Gasteiger partial charge in [0, 0.05) is 23.4 Å². The fourth-order valence-corrected chi connectivity index (χ4v) is 2.78. The van der Waals surface area contributed by atoms with Gasteiger partial charge >= 0.3 is 0 Å². The highest BCUT2D eigenvalue weighted by Gasteiger charge is 2.14. The smallest absolute Gasteiger partial charge is 0.254 e. The summed E-state index contributed by atoms with van der Waals surface area (Å²) in [6, 6.07) is 5.83. The van der Waals surface area contributed by atoms with Gasteiger partial charge in [-0.25, -0.2) is 0 Å². The zero-order valence-electron chi connectivity index (χ0n) is 10.9. The number of hydrogen-bond donors (Lipinski definition) is 0. The summed E-state index contributed by atoms with van der Waals surface area (Å²) in [6.45, 7) is 2.83. The lowest BCUT2D eigenvalue weighted by atomic mass is 10.1. The quantitative estimate of drug-likeness (QED) is 0.532. The van der Waals surface area contributed by atoms with Crippen LogP contribution >= 0.6 is 31.9 Å². The molecule has 0 aliphatic rings. The zero-order valence-corrected chi connectivity index (χ0v) is 14.1. The molecular weight excluding hydrogens is 358 g/mol. The number of aryl methyl sites for hydroxylation is 1. The van der Waals surface area contributed by atoms with Crippen molar-refractivity contribution in [3.05, 3.63) is 33.8 Å². The predicted molar refractivity (Wildman–Crippen MR) is 83.5 cm³/mol. The minimum absolute atomic E-state index is 0.0840. The molecule has 18 heavy (non-hydrogen) atoms. The highest BCUT2D eigenvalue weighted by atomic mass is 79.9. The predicted octanol–water partition coefficient (Wildman–Crippen LogP) is 4.39. The summed E-state index contributed by atoms with van der Waals surface area (Å²) in [7, 11) is 1.86. The normalized spacial score (nSPS) is 10.4. The summed E-state index contributed by atoms with van der Waals surface area (Å²) in [5.74, 6) is 0.0840. The molecule has 0 spiro atoms. The number of carbonyl (C=O) groups is 1. The third kappa shape index (κ3) is 4.73. The van der Waals surface area contributed by atoms with Gasteiger partial charge in [-0.1, -0.05) is 28.4 Å². The van der Waals surface area contributed by atoms with Gasteiger partial charge in [-0.15, -0.1) is 0 Å². The van der Waals surface area contributed by atoms with Crippen LogP contribution in [0.15, 0.2) is 22.7 Å². The number of alkyl halides is 1. The minimum Gasteiger partial charge on any atom is -0.342 e. The third-order valence-electron chi connectivity index (χ3n) is 2.83. The molecule has 1 amide bonds. The molecule has 0 aliphatic carbocycles. The Hall–Kier alpha value is -0.350. The zero-order chi connectivity index (χ0) is 13.5. The molecule has 0 aromatic heterocycles. The van der Waals surface area contributed by atoms with Crippen molar-refractivity contribution in [1.29, 1.82) is 0 Å². The van der Waals surface area contributed by atoms with Crippen LogP contribution in [0.3, 0.4) is 0 Å². The molecule has 0 radical (unpaired) electrons. The lowest BCUT2D eigenvalue weighted by molar-refractivity contribution is 0.0792. The Bertz CT molecular complexity index is 407. The molecule has 0 N–H and O–H groups in total. The number of halogens is 2. The maximum absolute atomic E-state index is 12.2. The van der Waals surface area contributed by atoms with Crippen LogP contribution in [0.25, 0.3) is 0 Å². The number of amides is 1. The Morgan fingerprint density at radius 1 is 1.28 bits per heavy atom. The van der Waals surface area contributed by atoms with E-state index in [1.165, 1.54) is 0 Å². The van der Waals surface area contributed by atoms with Gasteiger partial charge in [-0.2, -0.15) is 0 Å². The second kappa shape index (κ2) is 7.95. The van der Waals surface area contributed by atoms with E-state index in [9.17, 15) is 4.79 Å². The molecule has 1 rings (SSSR count). The molecule has 0 heterocycles. The number of rotatable bonds is 6. The van der Waals surface area contributed by atoms with Crippen LogP contribution in [-0.4, -0.2) is 29.7 Å². The molecule has 100 valence electrons. The Morgan fingerprint density at radius 3 is 2.61 bits per heavy atom. The number of benzene rings is 1. The van der Waals surface area contributed by atoms with E-state index in [2.05, 4.69) is 31.9 Å². The van der Waals surface area contributed by atoms with E-state index >= 15 is 0 Å². The van der Waals surface area contributed by atoms with Crippen molar-refractivity contribution in [2.24, 2.45) is 0 Å². The molecule has 1 aromatic carbocycles. The number of carbonyl (C=O) groups excluding carboxylic acids is 1. The molecule has 4 heteroatoms. The number of unbranched alkanes of at least 4 members (excludes halogenated alkanes) is 2. The van der Waals surface area contributed by atoms with E-state index < -0.39 is 0 Å². The molecular formula is C14H19Br2NO. The van der Waals surface area contributed by atoms with Crippen LogP contribution in [0.5, 0.6) is 0 Å². The first-order valence-corrected chi connectivity index (χ1v) is 8.05. The maximum atomic E-state index is 12.2. The van der Waals surface area contributed by atoms with Gasteiger partial charge < -0.3 is 4.90 Å². The summed E-state index contributed by atoms with van der Waals surface area (Å²) in [6.07, 6.45) is 3.37. The molecule has 1 aromatic rings. The van der Waals surface area contributed by atoms with E-state index in [4.69, 9.17) is 0 Å². The van der Waals surface area contributed by atoms with Crippen molar-refractivity contribution >= 4 is 37.8 Å². The van der Waals surface area contributed by atoms with Gasteiger partial charge in [0.25, 0.3) is 5.91 Å². The van der Waals surface area contributed by atoms with Crippen molar-refractivity contribution in [3.8, 4) is 0 Å². The summed E-state index contributed by atoms with van der Waals surface area (Å²) in [5.41, 5.74) is 1.89. The number of nitrogens with zero attached hydrogens (tertiary/aromatic N) is 1. The van der Waals surface area contributed by atoms with Crippen LogP contribution in [0, 0.1) is 6.92 Å². The largest absolute Gasteiger partial charge is 0.342 e. The molecule has 0 atom stereocenters. The SMILES string of the molecule is Cc1ccc(C(=O)N(C)CCCCCBr)c(Br)c1. The highest BCUT2D eigenvalue weighted by Crippen LogP contribution is 2.19. The monoisotopic (exact) mass is 375 g/mol. The van der Waals surface area contributed by atoms with Gasteiger partial charge in [0.2, 0.25) is 0 Å². The first kappa shape index (κ1) is 15.7. The number of hydrogen-bond acceptors (Lipinski definition) is 1. The summed E-state index contributed by atoms with van der Waals surface area (Å²) >= 11 is 6.87. The maximum Gasteiger partial charge on any atom is 0.254 e. The second-order valence-electron chi connectivity index (χ2n) is 4.46. The van der Waals surface area contributed by atoms with Crippen LogP contribution in [0.4, 0.5) is 0 Å². The molecule has 2 nitrogen and oxygen atoms in total. The Labute approximate surface area is 126 Å². The standard InChI is InChI=1S/C14H19Br2NO/c1-11-6-7-12(13(16)10-11)14(18)17(2)9-5-3-4-8-15/h6-7,10H,3-5,8-9H2,1-2H3. The average molecular weight is 377 g/mol. The highest BCUT2D eigenvalue weighted by molar-refractivity contribution is 9.10. The Morgan fingerprint density at radius 2 is 2.00 bits per heavy atom. The molecule has 0 saturated heterocycles. The van der Waals surface area contributed by atoms with Crippen LogP contribution in [0.1, 0.15) is 35.2 Å². The lowest BCUT2D eigenvalue weighted by Crippen LogP contribution is -2.28. The fraction of sp³-hybridized carbons (Fsp3) is 0.500. The van der Waals surface area contributed by atoms with E-state index in [1.807, 2.05) is 32.2 Å². The second-order valence-corrected chi connectivity index (χ2v) is 6.11. The topological polar surface area (TPSA) is 20.3 Å². The van der Waals surface area contributed by atoms with E-state index in [0.29, 0.717) is 0 Å². The average Bonchev–Trinajstić information content (AvgIpc) is 2.33. The fourth-order valence-electron chi connectivity index (χ4n) is 1.72. The van der Waals surface area contributed by atoms with Gasteiger partial charge in [-0.3, -0.25) is 4.79 Å². The van der Waals surface area contributed by atoms with Gasteiger partial charge in [-0.05, 0) is 53.4 Å². The van der Waals surface area contributed by atoms with E-state index in [-0.39, 0.29) is 5.91 Å². The van der Waals surface area contributed by atoms with Gasteiger partial charge in [0.05, 0.1) is 5.56 Å². The van der Waals surface area contributed by atoms with Crippen molar-refractivity contribution in [3.63, 3.8) is 0 Å². The van der Waals surface area contributed by atoms with Crippen molar-refractivity contribution in [2.75, 3.05) is 18.9 Å². The lowest BCUT2D eigenvalue weighted by Gasteiger charge is -2.18. The molecule has 0 saturated carbocycles. The molecule has 0 aliphatic heterocycles. The first-order valence-electron chi connectivity index (χ1n) is 6.14. The minimum atomic E-state index is 0.0840. The molecule has 0 fully saturated rings. The van der Waals surface area contributed by atoms with Gasteiger partial charge in [0.15, 0.2) is 0 Å². The van der Waals surface area contributed by atoms with Crippen molar-refractivity contribution in [2.45, 2.75) is 26.2 Å². The van der Waals surface area contributed by atoms with Gasteiger partial charge in [0.1, 0.15) is 0 Å². The van der Waals surface area contributed by atoms with Crippen molar-refractivity contribution < 1.29 is 4.79 Å².